The van der Waals surface area contributed by atoms with Gasteiger partial charge in [-0.15, -0.1) is 0 Å². The molecule has 6 nitrogen and oxygen atoms in total. The summed E-state index contributed by atoms with van der Waals surface area (Å²) in [5.41, 5.74) is 3.17. The van der Waals surface area contributed by atoms with E-state index in [1.54, 1.807) is 0 Å². The molecule has 2 N–H and O–H groups in total. The van der Waals surface area contributed by atoms with Crippen molar-refractivity contribution in [3.8, 4) is 0 Å². The van der Waals surface area contributed by atoms with Crippen molar-refractivity contribution in [2.45, 2.75) is 32.9 Å². The average molecular weight is 313 g/mol. The van der Waals surface area contributed by atoms with Gasteiger partial charge in [-0.25, -0.2) is 0 Å². The van der Waals surface area contributed by atoms with Crippen LogP contribution in [0.25, 0.3) is 0 Å². The van der Waals surface area contributed by atoms with Crippen molar-refractivity contribution in [3.63, 3.8) is 0 Å². The molecule has 6 heteroatoms. The van der Waals surface area contributed by atoms with Gasteiger partial charge in [0.1, 0.15) is 0 Å². The van der Waals surface area contributed by atoms with Gasteiger partial charge in [-0.2, -0.15) is 15.4 Å². The number of fused-ring (bicyclic) bond motifs is 1. The first-order chi connectivity index (χ1) is 11.1. The molecule has 0 fully saturated rings. The summed E-state index contributed by atoms with van der Waals surface area (Å²) in [6, 6.07) is 8.92. The highest BCUT2D eigenvalue weighted by molar-refractivity contribution is 5.91. The van der Waals surface area contributed by atoms with E-state index >= 15 is 0 Å². The Bertz CT molecular complexity index is 653. The molecule has 0 radical (unpaired) electrons. The second-order valence-electron chi connectivity index (χ2n) is 6.37. The fourth-order valence-electron chi connectivity index (χ4n) is 3.19. The second kappa shape index (κ2) is 6.91. The lowest BCUT2D eigenvalue weighted by molar-refractivity contribution is 0.0899. The van der Waals surface area contributed by atoms with Crippen molar-refractivity contribution in [3.05, 3.63) is 47.3 Å². The Morgan fingerprint density at radius 3 is 2.83 bits per heavy atom. The molecule has 1 atom stereocenters. The summed E-state index contributed by atoms with van der Waals surface area (Å²) in [5.74, 6) is 0.277. The van der Waals surface area contributed by atoms with Crippen LogP contribution in [0, 0.1) is 5.92 Å². The van der Waals surface area contributed by atoms with Gasteiger partial charge in [0.25, 0.3) is 5.91 Å². The Kier molecular flexibility index (Phi) is 4.71. The number of hydrogen-bond acceptors (Lipinski definition) is 4. The van der Waals surface area contributed by atoms with E-state index in [-0.39, 0.29) is 5.91 Å². The molecule has 0 saturated heterocycles. The molecule has 3 rings (SSSR count). The number of rotatable bonds is 5. The van der Waals surface area contributed by atoms with Crippen LogP contribution in [0.5, 0.6) is 0 Å². The normalized spacial score (nSPS) is 16.1. The van der Waals surface area contributed by atoms with E-state index < -0.39 is 0 Å². The number of carbonyl (C=O) groups excluding carboxylic acids is 1. The lowest BCUT2D eigenvalue weighted by atomic mass is 9.95. The summed E-state index contributed by atoms with van der Waals surface area (Å²) < 4.78 is 0. The largest absolute Gasteiger partial charge is 0.349 e. The van der Waals surface area contributed by atoms with Gasteiger partial charge in [0.15, 0.2) is 5.69 Å². The van der Waals surface area contributed by atoms with Crippen LogP contribution in [-0.4, -0.2) is 45.3 Å². The number of carbonyl (C=O) groups is 1. The number of aromatic nitrogens is 3. The third-order valence-corrected chi connectivity index (χ3v) is 4.52. The van der Waals surface area contributed by atoms with Gasteiger partial charge < -0.3 is 5.32 Å². The molecule has 2 heterocycles. The first-order valence-electron chi connectivity index (χ1n) is 8.10. The second-order valence-corrected chi connectivity index (χ2v) is 6.37. The Labute approximate surface area is 136 Å². The SMILES string of the molecule is CC(C)C(CNC(=O)c1cn[nH]n1)N1CCc2ccccc2C1. The fourth-order valence-corrected chi connectivity index (χ4v) is 3.19. The zero-order valence-corrected chi connectivity index (χ0v) is 13.6. The van der Waals surface area contributed by atoms with E-state index in [9.17, 15) is 4.79 Å². The van der Waals surface area contributed by atoms with Crippen LogP contribution < -0.4 is 5.32 Å². The maximum Gasteiger partial charge on any atom is 0.273 e. The van der Waals surface area contributed by atoms with Crippen LogP contribution in [0.1, 0.15) is 35.5 Å². The molecule has 1 aromatic carbocycles. The summed E-state index contributed by atoms with van der Waals surface area (Å²) in [5, 5.41) is 12.9. The van der Waals surface area contributed by atoms with Crippen LogP contribution in [0.3, 0.4) is 0 Å². The van der Waals surface area contributed by atoms with Crippen LogP contribution in [0.2, 0.25) is 0 Å². The predicted molar refractivity (Wildman–Crippen MR) is 87.9 cm³/mol. The predicted octanol–water partition coefficient (Wildman–Crippen LogP) is 1.62. The molecule has 0 bridgehead atoms. The van der Waals surface area contributed by atoms with E-state index in [0.29, 0.717) is 24.2 Å². The molecule has 0 saturated carbocycles. The standard InChI is InChI=1S/C17H23N5O/c1-12(2)16(10-18-17(23)15-9-19-21-20-15)22-8-7-13-5-3-4-6-14(13)11-22/h3-6,9,12,16H,7-8,10-11H2,1-2H3,(H,18,23)(H,19,20,21). The Morgan fingerprint density at radius 2 is 2.13 bits per heavy atom. The molecule has 23 heavy (non-hydrogen) atoms. The number of nitrogens with one attached hydrogen (secondary N) is 2. The first kappa shape index (κ1) is 15.7. The lowest BCUT2D eigenvalue weighted by Gasteiger charge is -2.37. The summed E-state index contributed by atoms with van der Waals surface area (Å²) >= 11 is 0. The van der Waals surface area contributed by atoms with Crippen molar-refractivity contribution in [2.75, 3.05) is 13.1 Å². The minimum Gasteiger partial charge on any atom is -0.349 e. The van der Waals surface area contributed by atoms with Gasteiger partial charge in [-0.3, -0.25) is 9.69 Å². The van der Waals surface area contributed by atoms with Gasteiger partial charge >= 0.3 is 0 Å². The van der Waals surface area contributed by atoms with Crippen molar-refractivity contribution < 1.29 is 4.79 Å². The van der Waals surface area contributed by atoms with Crippen LogP contribution in [0.4, 0.5) is 0 Å². The van der Waals surface area contributed by atoms with Gasteiger partial charge in [0.2, 0.25) is 0 Å². The molecule has 1 aromatic heterocycles. The van der Waals surface area contributed by atoms with Crippen molar-refractivity contribution in [1.29, 1.82) is 0 Å². The van der Waals surface area contributed by atoms with Gasteiger partial charge in [-0.1, -0.05) is 38.1 Å². The molecule has 1 aliphatic heterocycles. The van der Waals surface area contributed by atoms with Crippen molar-refractivity contribution in [1.82, 2.24) is 25.6 Å². The number of H-pyrrole nitrogens is 1. The highest BCUT2D eigenvalue weighted by Gasteiger charge is 2.26. The quantitative estimate of drug-likeness (QED) is 0.879. The monoisotopic (exact) mass is 313 g/mol. The molecule has 0 aliphatic carbocycles. The number of aromatic amines is 1. The highest BCUT2D eigenvalue weighted by Crippen LogP contribution is 2.22. The van der Waals surface area contributed by atoms with Crippen LogP contribution in [-0.2, 0) is 13.0 Å². The number of hydrogen-bond donors (Lipinski definition) is 2. The third kappa shape index (κ3) is 3.59. The maximum absolute atomic E-state index is 12.1. The molecular weight excluding hydrogens is 290 g/mol. The average Bonchev–Trinajstić information content (AvgIpc) is 3.09. The number of nitrogens with zero attached hydrogens (tertiary/aromatic N) is 3. The summed E-state index contributed by atoms with van der Waals surface area (Å²) in [7, 11) is 0. The summed E-state index contributed by atoms with van der Waals surface area (Å²) in [4.78, 5) is 14.5. The fraction of sp³-hybridized carbons (Fsp3) is 0.471. The molecule has 2 aromatic rings. The molecule has 1 amide bonds. The van der Waals surface area contributed by atoms with Crippen molar-refractivity contribution in [2.24, 2.45) is 5.92 Å². The minimum absolute atomic E-state index is 0.179. The van der Waals surface area contributed by atoms with Crippen LogP contribution in [0.15, 0.2) is 30.5 Å². The highest BCUT2D eigenvalue weighted by atomic mass is 16.2. The van der Waals surface area contributed by atoms with E-state index in [1.165, 1.54) is 17.3 Å². The van der Waals surface area contributed by atoms with Gasteiger partial charge in [0, 0.05) is 25.7 Å². The Hall–Kier alpha value is -2.21. The van der Waals surface area contributed by atoms with Crippen molar-refractivity contribution >= 4 is 5.91 Å². The van der Waals surface area contributed by atoms with E-state index in [0.717, 1.165) is 19.5 Å². The lowest BCUT2D eigenvalue weighted by Crippen LogP contribution is -2.48. The van der Waals surface area contributed by atoms with Gasteiger partial charge in [-0.05, 0) is 23.5 Å². The van der Waals surface area contributed by atoms with E-state index in [2.05, 4.69) is 63.7 Å². The number of amides is 1. The summed E-state index contributed by atoms with van der Waals surface area (Å²) in [6.07, 6.45) is 2.51. The van der Waals surface area contributed by atoms with Gasteiger partial charge in [0.05, 0.1) is 6.20 Å². The van der Waals surface area contributed by atoms with Crippen LogP contribution >= 0.6 is 0 Å². The Balaban J connectivity index is 1.64. The summed E-state index contributed by atoms with van der Waals surface area (Å²) in [6.45, 7) is 6.99. The number of benzene rings is 1. The zero-order chi connectivity index (χ0) is 16.2. The molecular formula is C17H23N5O. The molecule has 1 aliphatic rings. The Morgan fingerprint density at radius 1 is 1.35 bits per heavy atom. The maximum atomic E-state index is 12.1. The van der Waals surface area contributed by atoms with E-state index in [4.69, 9.17) is 0 Å². The minimum atomic E-state index is -0.179. The topological polar surface area (TPSA) is 73.9 Å². The zero-order valence-electron chi connectivity index (χ0n) is 13.6. The molecule has 0 spiro atoms. The first-order valence-corrected chi connectivity index (χ1v) is 8.10. The molecule has 1 unspecified atom stereocenters. The third-order valence-electron chi connectivity index (χ3n) is 4.52. The smallest absolute Gasteiger partial charge is 0.273 e. The molecule has 122 valence electrons. The van der Waals surface area contributed by atoms with E-state index in [1.807, 2.05) is 0 Å².